The zero-order valence-corrected chi connectivity index (χ0v) is 11.8. The molecule has 0 radical (unpaired) electrons. The summed E-state index contributed by atoms with van der Waals surface area (Å²) in [6, 6.07) is 0.268. The van der Waals surface area contributed by atoms with Crippen LogP contribution in [0.2, 0.25) is 0 Å². The number of rotatable bonds is 8. The van der Waals surface area contributed by atoms with Crippen LogP contribution in [0.3, 0.4) is 0 Å². The maximum atomic E-state index is 5.54. The molecule has 0 spiro atoms. The molecule has 98 valence electrons. The molecule has 0 aliphatic rings. The summed E-state index contributed by atoms with van der Waals surface area (Å²) in [6.45, 7) is 7.33. The molecule has 5 heteroatoms. The average Bonchev–Trinajstić information content (AvgIpc) is 2.82. The third-order valence-electron chi connectivity index (χ3n) is 2.79. The predicted molar refractivity (Wildman–Crippen MR) is 70.4 cm³/mol. The van der Waals surface area contributed by atoms with Crippen LogP contribution in [0.4, 0.5) is 0 Å². The van der Waals surface area contributed by atoms with Gasteiger partial charge in [-0.1, -0.05) is 18.7 Å². The maximum Gasteiger partial charge on any atom is 0.255 e. The van der Waals surface area contributed by atoms with Crippen LogP contribution in [0.5, 0.6) is 0 Å². The number of hydrogen-bond acceptors (Lipinski definition) is 5. The first-order valence-electron chi connectivity index (χ1n) is 5.91. The van der Waals surface area contributed by atoms with Crippen molar-refractivity contribution in [3.63, 3.8) is 0 Å². The molecule has 0 bridgehead atoms. The molecule has 1 rings (SSSR count). The van der Waals surface area contributed by atoms with Crippen molar-refractivity contribution in [3.05, 3.63) is 12.5 Å². The van der Waals surface area contributed by atoms with Crippen molar-refractivity contribution in [2.24, 2.45) is 0 Å². The van der Waals surface area contributed by atoms with Gasteiger partial charge in [0.25, 0.3) is 5.22 Å². The molecule has 1 unspecified atom stereocenters. The van der Waals surface area contributed by atoms with Crippen LogP contribution in [-0.4, -0.2) is 36.0 Å². The van der Waals surface area contributed by atoms with E-state index in [0.717, 1.165) is 18.7 Å². The van der Waals surface area contributed by atoms with E-state index in [1.165, 1.54) is 0 Å². The van der Waals surface area contributed by atoms with E-state index in [1.807, 2.05) is 0 Å². The summed E-state index contributed by atoms with van der Waals surface area (Å²) < 4.78 is 10.8. The fraction of sp³-hybridized carbons (Fsp3) is 0.750. The summed E-state index contributed by atoms with van der Waals surface area (Å²) in [7, 11) is 1.75. The fourth-order valence-electron chi connectivity index (χ4n) is 1.40. The van der Waals surface area contributed by atoms with E-state index in [4.69, 9.17) is 9.15 Å². The molecular formula is C12H22N2O2S. The van der Waals surface area contributed by atoms with Crippen LogP contribution in [0.15, 0.2) is 22.1 Å². The first kappa shape index (κ1) is 14.5. The van der Waals surface area contributed by atoms with Crippen LogP contribution in [0.1, 0.15) is 27.2 Å². The third kappa shape index (κ3) is 4.69. The standard InChI is InChI=1S/C12H22N2O2S/c1-5-6-13-10(12(2,3)15-4)9-17-11-14-7-8-16-11/h7-8,10,13H,5-6,9H2,1-4H3. The van der Waals surface area contributed by atoms with Gasteiger partial charge in [0, 0.05) is 18.9 Å². The van der Waals surface area contributed by atoms with Gasteiger partial charge in [0.05, 0.1) is 11.8 Å². The van der Waals surface area contributed by atoms with Gasteiger partial charge in [-0.2, -0.15) is 0 Å². The minimum Gasteiger partial charge on any atom is -0.440 e. The number of methoxy groups -OCH3 is 1. The molecule has 0 fully saturated rings. The zero-order valence-electron chi connectivity index (χ0n) is 11.0. The van der Waals surface area contributed by atoms with Crippen molar-refractivity contribution < 1.29 is 9.15 Å². The van der Waals surface area contributed by atoms with Crippen LogP contribution in [0.25, 0.3) is 0 Å². The smallest absolute Gasteiger partial charge is 0.255 e. The summed E-state index contributed by atoms with van der Waals surface area (Å²) in [5.74, 6) is 0.876. The number of nitrogens with zero attached hydrogens (tertiary/aromatic N) is 1. The Morgan fingerprint density at radius 3 is 2.88 bits per heavy atom. The highest BCUT2D eigenvalue weighted by Gasteiger charge is 2.29. The third-order valence-corrected chi connectivity index (χ3v) is 3.74. The Morgan fingerprint density at radius 2 is 2.35 bits per heavy atom. The van der Waals surface area contributed by atoms with E-state index >= 15 is 0 Å². The highest BCUT2D eigenvalue weighted by atomic mass is 32.2. The van der Waals surface area contributed by atoms with Gasteiger partial charge in [0.2, 0.25) is 0 Å². The van der Waals surface area contributed by atoms with E-state index in [2.05, 4.69) is 31.1 Å². The van der Waals surface area contributed by atoms with Gasteiger partial charge in [0.1, 0.15) is 6.26 Å². The Bertz CT molecular complexity index is 301. The SMILES string of the molecule is CCCNC(CSc1ncco1)C(C)(C)OC. The van der Waals surface area contributed by atoms with Gasteiger partial charge >= 0.3 is 0 Å². The summed E-state index contributed by atoms with van der Waals surface area (Å²) in [4.78, 5) is 4.10. The van der Waals surface area contributed by atoms with Crippen molar-refractivity contribution in [1.82, 2.24) is 10.3 Å². The van der Waals surface area contributed by atoms with Crippen molar-refractivity contribution in [3.8, 4) is 0 Å². The van der Waals surface area contributed by atoms with Gasteiger partial charge in [0.15, 0.2) is 0 Å². The van der Waals surface area contributed by atoms with Gasteiger partial charge in [-0.15, -0.1) is 0 Å². The molecule has 1 atom stereocenters. The van der Waals surface area contributed by atoms with Crippen molar-refractivity contribution in [2.45, 2.75) is 44.1 Å². The maximum absolute atomic E-state index is 5.54. The minimum absolute atomic E-state index is 0.200. The number of hydrogen-bond donors (Lipinski definition) is 1. The molecule has 0 aliphatic heterocycles. The molecule has 0 saturated heterocycles. The number of thioether (sulfide) groups is 1. The van der Waals surface area contributed by atoms with Crippen LogP contribution in [0, 0.1) is 0 Å². The second-order valence-electron chi connectivity index (χ2n) is 4.42. The lowest BCUT2D eigenvalue weighted by Crippen LogP contribution is -2.50. The van der Waals surface area contributed by atoms with Crippen LogP contribution < -0.4 is 5.32 Å². The fourth-order valence-corrected chi connectivity index (χ4v) is 2.49. The Morgan fingerprint density at radius 1 is 1.59 bits per heavy atom. The van der Waals surface area contributed by atoms with E-state index in [1.54, 1.807) is 31.3 Å². The lowest BCUT2D eigenvalue weighted by atomic mass is 10.0. The first-order valence-corrected chi connectivity index (χ1v) is 6.89. The summed E-state index contributed by atoms with van der Waals surface area (Å²) in [6.07, 6.45) is 4.37. The largest absolute Gasteiger partial charge is 0.440 e. The molecule has 1 aromatic heterocycles. The molecule has 0 saturated carbocycles. The number of ether oxygens (including phenoxy) is 1. The number of aromatic nitrogens is 1. The highest BCUT2D eigenvalue weighted by Crippen LogP contribution is 2.22. The van der Waals surface area contributed by atoms with E-state index in [0.29, 0.717) is 5.22 Å². The quantitative estimate of drug-likeness (QED) is 0.726. The number of oxazole rings is 1. The minimum atomic E-state index is -0.200. The summed E-state index contributed by atoms with van der Waals surface area (Å²) in [5, 5.41) is 4.22. The van der Waals surface area contributed by atoms with Gasteiger partial charge in [-0.25, -0.2) is 4.98 Å². The van der Waals surface area contributed by atoms with Crippen molar-refractivity contribution in [1.29, 1.82) is 0 Å². The van der Waals surface area contributed by atoms with E-state index in [9.17, 15) is 0 Å². The summed E-state index contributed by atoms with van der Waals surface area (Å²) in [5.41, 5.74) is -0.200. The molecule has 1 aromatic rings. The Hall–Kier alpha value is -0.520. The second kappa shape index (κ2) is 7.03. The molecule has 17 heavy (non-hydrogen) atoms. The molecule has 4 nitrogen and oxygen atoms in total. The lowest BCUT2D eigenvalue weighted by Gasteiger charge is -2.33. The Kier molecular flexibility index (Phi) is 6.02. The normalized spacial score (nSPS) is 13.9. The highest BCUT2D eigenvalue weighted by molar-refractivity contribution is 7.99. The predicted octanol–water partition coefficient (Wildman–Crippen LogP) is 2.56. The monoisotopic (exact) mass is 258 g/mol. The van der Waals surface area contributed by atoms with Crippen molar-refractivity contribution >= 4 is 11.8 Å². The Balaban J connectivity index is 2.51. The molecule has 1 N–H and O–H groups in total. The average molecular weight is 258 g/mol. The second-order valence-corrected chi connectivity index (χ2v) is 5.39. The van der Waals surface area contributed by atoms with Gasteiger partial charge < -0.3 is 14.5 Å². The zero-order chi connectivity index (χ0) is 12.7. The summed E-state index contributed by atoms with van der Waals surface area (Å²) >= 11 is 1.61. The lowest BCUT2D eigenvalue weighted by molar-refractivity contribution is -0.00348. The number of nitrogens with one attached hydrogen (secondary N) is 1. The molecule has 0 aliphatic carbocycles. The molecule has 0 aromatic carbocycles. The molecular weight excluding hydrogens is 236 g/mol. The van der Waals surface area contributed by atoms with Gasteiger partial charge in [-0.05, 0) is 26.8 Å². The Labute approximate surface area is 108 Å². The van der Waals surface area contributed by atoms with Crippen LogP contribution >= 0.6 is 11.8 Å². The van der Waals surface area contributed by atoms with E-state index < -0.39 is 0 Å². The van der Waals surface area contributed by atoms with E-state index in [-0.39, 0.29) is 11.6 Å². The first-order chi connectivity index (χ1) is 8.10. The van der Waals surface area contributed by atoms with Gasteiger partial charge in [-0.3, -0.25) is 0 Å². The van der Waals surface area contributed by atoms with Crippen LogP contribution in [-0.2, 0) is 4.74 Å². The topological polar surface area (TPSA) is 47.3 Å². The van der Waals surface area contributed by atoms with Crippen molar-refractivity contribution in [2.75, 3.05) is 19.4 Å². The molecule has 1 heterocycles. The molecule has 0 amide bonds.